The van der Waals surface area contributed by atoms with Crippen molar-refractivity contribution in [2.45, 2.75) is 39.0 Å². The van der Waals surface area contributed by atoms with Crippen molar-refractivity contribution in [1.29, 1.82) is 0 Å². The monoisotopic (exact) mass is 250 g/mol. The van der Waals surface area contributed by atoms with Crippen LogP contribution in [0.4, 0.5) is 0 Å². The van der Waals surface area contributed by atoms with E-state index in [-0.39, 0.29) is 5.41 Å². The lowest BCUT2D eigenvalue weighted by molar-refractivity contribution is 0.327. The van der Waals surface area contributed by atoms with Crippen molar-refractivity contribution in [3.8, 4) is 0 Å². The lowest BCUT2D eigenvalue weighted by Crippen LogP contribution is -2.33. The maximum atomic E-state index is 2.44. The van der Waals surface area contributed by atoms with Crippen LogP contribution in [0, 0.1) is 5.92 Å². The van der Waals surface area contributed by atoms with E-state index in [1.165, 1.54) is 29.2 Å². The van der Waals surface area contributed by atoms with Gasteiger partial charge in [-0.2, -0.15) is 0 Å². The van der Waals surface area contributed by atoms with Crippen LogP contribution in [0.15, 0.2) is 42.5 Å². The maximum Gasteiger partial charge on any atom is -0.000310 e. The second kappa shape index (κ2) is 4.52. The van der Waals surface area contributed by atoms with Gasteiger partial charge in [0.1, 0.15) is 0 Å². The average molecular weight is 250 g/mol. The lowest BCUT2D eigenvalue weighted by Gasteiger charge is -2.40. The van der Waals surface area contributed by atoms with E-state index < -0.39 is 0 Å². The fraction of sp³-hybridized carbons (Fsp3) is 0.368. The van der Waals surface area contributed by atoms with Crippen LogP contribution in [0.5, 0.6) is 0 Å². The van der Waals surface area contributed by atoms with Crippen LogP contribution in [0.2, 0.25) is 0 Å². The topological polar surface area (TPSA) is 0 Å². The van der Waals surface area contributed by atoms with Crippen molar-refractivity contribution in [1.82, 2.24) is 0 Å². The van der Waals surface area contributed by atoms with Crippen molar-refractivity contribution >= 4 is 16.8 Å². The first-order valence-corrected chi connectivity index (χ1v) is 7.41. The Morgan fingerprint density at radius 1 is 1.05 bits per heavy atom. The van der Waals surface area contributed by atoms with Crippen LogP contribution in [-0.4, -0.2) is 0 Å². The number of hydrogen-bond donors (Lipinski definition) is 0. The van der Waals surface area contributed by atoms with Crippen LogP contribution in [-0.2, 0) is 5.41 Å². The summed E-state index contributed by atoms with van der Waals surface area (Å²) >= 11 is 0. The zero-order valence-electron chi connectivity index (χ0n) is 12.1. The van der Waals surface area contributed by atoms with Gasteiger partial charge in [0.25, 0.3) is 0 Å². The standard InChI is InChI=1S/C19H22/c1-4-16-13-12-15-11-10-14-8-6-7-9-17(14)18(15)19(16,3)5-2/h6-13,16H,4-5H2,1-3H3. The van der Waals surface area contributed by atoms with E-state index in [9.17, 15) is 0 Å². The Balaban J connectivity index is 2.36. The van der Waals surface area contributed by atoms with E-state index in [0.717, 1.165) is 0 Å². The fourth-order valence-corrected chi connectivity index (χ4v) is 3.71. The zero-order valence-corrected chi connectivity index (χ0v) is 12.1. The van der Waals surface area contributed by atoms with Crippen LogP contribution in [0.25, 0.3) is 16.8 Å². The molecule has 1 aliphatic carbocycles. The Hall–Kier alpha value is -1.56. The quantitative estimate of drug-likeness (QED) is 0.654. The molecule has 2 aromatic carbocycles. The van der Waals surface area contributed by atoms with Gasteiger partial charge in [0.2, 0.25) is 0 Å². The highest BCUT2D eigenvalue weighted by atomic mass is 14.4. The first kappa shape index (κ1) is 12.5. The average Bonchev–Trinajstić information content (AvgIpc) is 2.47. The normalized spacial score (nSPS) is 25.5. The molecule has 0 saturated carbocycles. The van der Waals surface area contributed by atoms with E-state index in [1.54, 1.807) is 5.56 Å². The largest absolute Gasteiger partial charge is 0.0799 e. The minimum atomic E-state index is 0.264. The van der Waals surface area contributed by atoms with Gasteiger partial charge in [0.15, 0.2) is 0 Å². The predicted octanol–water partition coefficient (Wildman–Crippen LogP) is 5.56. The third-order valence-electron chi connectivity index (χ3n) is 5.03. The number of hydrogen-bond acceptors (Lipinski definition) is 0. The summed E-state index contributed by atoms with van der Waals surface area (Å²) < 4.78 is 0. The fourth-order valence-electron chi connectivity index (χ4n) is 3.71. The molecule has 2 atom stereocenters. The molecule has 0 heteroatoms. The molecule has 98 valence electrons. The molecule has 0 heterocycles. The third kappa shape index (κ3) is 1.74. The minimum absolute atomic E-state index is 0.264. The van der Waals surface area contributed by atoms with E-state index >= 15 is 0 Å². The molecule has 0 saturated heterocycles. The molecule has 0 nitrogen and oxygen atoms in total. The molecule has 1 aliphatic rings. The molecule has 0 bridgehead atoms. The van der Waals surface area contributed by atoms with E-state index in [4.69, 9.17) is 0 Å². The van der Waals surface area contributed by atoms with Crippen molar-refractivity contribution in [2.75, 3.05) is 0 Å². The van der Waals surface area contributed by atoms with Gasteiger partial charge < -0.3 is 0 Å². The Morgan fingerprint density at radius 2 is 1.84 bits per heavy atom. The van der Waals surface area contributed by atoms with E-state index in [2.05, 4.69) is 69.3 Å². The van der Waals surface area contributed by atoms with Crippen LogP contribution in [0.3, 0.4) is 0 Å². The Kier molecular flexibility index (Phi) is 2.97. The number of rotatable bonds is 2. The zero-order chi connectivity index (χ0) is 13.5. The van der Waals surface area contributed by atoms with Crippen LogP contribution < -0.4 is 0 Å². The van der Waals surface area contributed by atoms with Gasteiger partial charge in [0, 0.05) is 0 Å². The molecule has 0 fully saturated rings. The molecule has 0 radical (unpaired) electrons. The van der Waals surface area contributed by atoms with Gasteiger partial charge in [-0.15, -0.1) is 0 Å². The third-order valence-corrected chi connectivity index (χ3v) is 5.03. The highest BCUT2D eigenvalue weighted by Gasteiger charge is 2.36. The number of benzene rings is 2. The summed E-state index contributed by atoms with van der Waals surface area (Å²) in [5.74, 6) is 0.649. The van der Waals surface area contributed by atoms with Crippen LogP contribution in [0.1, 0.15) is 44.7 Å². The second-order valence-electron chi connectivity index (χ2n) is 5.90. The SMILES string of the molecule is CCC1C=Cc2ccc3ccccc3c2C1(C)CC. The van der Waals surface area contributed by atoms with Gasteiger partial charge in [-0.05, 0) is 46.1 Å². The highest BCUT2D eigenvalue weighted by Crippen LogP contribution is 2.46. The first-order chi connectivity index (χ1) is 9.20. The van der Waals surface area contributed by atoms with Gasteiger partial charge in [-0.3, -0.25) is 0 Å². The highest BCUT2D eigenvalue weighted by molar-refractivity contribution is 5.90. The molecular weight excluding hydrogens is 228 g/mol. The van der Waals surface area contributed by atoms with E-state index in [0.29, 0.717) is 5.92 Å². The van der Waals surface area contributed by atoms with Crippen molar-refractivity contribution in [3.05, 3.63) is 53.6 Å². The summed E-state index contributed by atoms with van der Waals surface area (Å²) in [7, 11) is 0. The summed E-state index contributed by atoms with van der Waals surface area (Å²) in [6, 6.07) is 13.3. The second-order valence-corrected chi connectivity index (χ2v) is 5.90. The summed E-state index contributed by atoms with van der Waals surface area (Å²) in [6.07, 6.45) is 7.15. The molecule has 0 amide bonds. The molecule has 0 spiro atoms. The summed E-state index contributed by atoms with van der Waals surface area (Å²) in [5.41, 5.74) is 3.23. The molecule has 19 heavy (non-hydrogen) atoms. The molecule has 2 unspecified atom stereocenters. The molecule has 0 aliphatic heterocycles. The Bertz CT molecular complexity index is 636. The maximum absolute atomic E-state index is 2.44. The molecule has 2 aromatic rings. The first-order valence-electron chi connectivity index (χ1n) is 7.41. The van der Waals surface area contributed by atoms with E-state index in [1.807, 2.05) is 0 Å². The van der Waals surface area contributed by atoms with Crippen molar-refractivity contribution in [3.63, 3.8) is 0 Å². The number of fused-ring (bicyclic) bond motifs is 3. The van der Waals surface area contributed by atoms with Gasteiger partial charge in [-0.25, -0.2) is 0 Å². The Morgan fingerprint density at radius 3 is 2.58 bits per heavy atom. The molecule has 3 rings (SSSR count). The van der Waals surface area contributed by atoms with Gasteiger partial charge in [0.05, 0.1) is 0 Å². The lowest BCUT2D eigenvalue weighted by atomic mass is 9.64. The molecular formula is C19H22. The van der Waals surface area contributed by atoms with Crippen molar-refractivity contribution < 1.29 is 0 Å². The number of allylic oxidation sites excluding steroid dienone is 1. The summed E-state index contributed by atoms with van der Waals surface area (Å²) in [4.78, 5) is 0. The van der Waals surface area contributed by atoms with Gasteiger partial charge >= 0.3 is 0 Å². The van der Waals surface area contributed by atoms with Crippen molar-refractivity contribution in [2.24, 2.45) is 5.92 Å². The summed E-state index contributed by atoms with van der Waals surface area (Å²) in [6.45, 7) is 7.07. The summed E-state index contributed by atoms with van der Waals surface area (Å²) in [5, 5.41) is 2.80. The Labute approximate surface area is 116 Å². The smallest absolute Gasteiger partial charge is 0.000310 e. The van der Waals surface area contributed by atoms with Gasteiger partial charge in [-0.1, -0.05) is 69.3 Å². The molecule has 0 N–H and O–H groups in total. The molecule has 0 aromatic heterocycles. The van der Waals surface area contributed by atoms with Crippen LogP contribution >= 0.6 is 0 Å². The predicted molar refractivity (Wildman–Crippen MR) is 84.4 cm³/mol. The minimum Gasteiger partial charge on any atom is -0.0799 e.